The molecule has 0 fully saturated rings. The Labute approximate surface area is 231 Å². The summed E-state index contributed by atoms with van der Waals surface area (Å²) in [6.07, 6.45) is 5.27. The molecule has 0 unspecified atom stereocenters. The Balaban J connectivity index is 1.35. The third kappa shape index (κ3) is 7.49. The number of nitrogens with one attached hydrogen (secondary N) is 2. The number of benzene rings is 3. The van der Waals surface area contributed by atoms with Crippen molar-refractivity contribution in [2.24, 2.45) is 5.10 Å². The molecule has 12 heteroatoms. The van der Waals surface area contributed by atoms with Gasteiger partial charge in [-0.25, -0.2) is 10.2 Å². The van der Waals surface area contributed by atoms with E-state index >= 15 is 0 Å². The van der Waals surface area contributed by atoms with Gasteiger partial charge in [-0.3, -0.25) is 19.7 Å². The normalized spacial score (nSPS) is 10.9. The van der Waals surface area contributed by atoms with Gasteiger partial charge in [0.25, 0.3) is 17.5 Å². The summed E-state index contributed by atoms with van der Waals surface area (Å²) in [7, 11) is 0. The molecule has 200 valence electrons. The topological polar surface area (TPSA) is 153 Å². The number of ether oxygens (including phenoxy) is 1. The molecule has 0 bridgehead atoms. The van der Waals surface area contributed by atoms with E-state index in [4.69, 9.17) is 20.8 Å². The van der Waals surface area contributed by atoms with Crippen LogP contribution in [-0.2, 0) is 4.79 Å². The van der Waals surface area contributed by atoms with E-state index in [1.54, 1.807) is 18.2 Å². The van der Waals surface area contributed by atoms with E-state index < -0.39 is 22.7 Å². The maximum absolute atomic E-state index is 12.5. The second-order valence-corrected chi connectivity index (χ2v) is 8.43. The Hall–Kier alpha value is -5.55. The average Bonchev–Trinajstić information content (AvgIpc) is 3.49. The Morgan fingerprint density at radius 3 is 2.40 bits per heavy atom. The first-order valence-corrected chi connectivity index (χ1v) is 11.9. The van der Waals surface area contributed by atoms with Crippen molar-refractivity contribution in [2.45, 2.75) is 0 Å². The molecule has 4 rings (SSSR count). The molecule has 40 heavy (non-hydrogen) atoms. The number of nitro benzene ring substituents is 1. The highest BCUT2D eigenvalue weighted by Gasteiger charge is 2.11. The zero-order chi connectivity index (χ0) is 28.5. The van der Waals surface area contributed by atoms with Crippen molar-refractivity contribution in [3.05, 3.63) is 129 Å². The van der Waals surface area contributed by atoms with Gasteiger partial charge in [-0.2, -0.15) is 5.10 Å². The number of halogens is 1. The van der Waals surface area contributed by atoms with E-state index in [0.717, 1.165) is 0 Å². The number of rotatable bonds is 9. The maximum Gasteiger partial charge on any atom is 0.336 e. The SMILES string of the molecule is O=C(/C=C/c1ccc([N+](=O)[O-])cc1)Oc1ccc(Cl)cc1/C=N/NC(=O)c1ccc(NC(=O)c2ccco2)cc1. The number of non-ortho nitro benzene ring substituents is 1. The minimum atomic E-state index is -0.710. The Bertz CT molecular complexity index is 1600. The molecule has 0 aliphatic rings. The third-order valence-corrected chi connectivity index (χ3v) is 5.45. The number of hydrogen-bond acceptors (Lipinski definition) is 8. The number of amides is 2. The molecule has 0 saturated carbocycles. The number of hydrogen-bond donors (Lipinski definition) is 2. The van der Waals surface area contributed by atoms with E-state index in [1.165, 1.54) is 85.3 Å². The molecule has 2 N–H and O–H groups in total. The van der Waals surface area contributed by atoms with E-state index in [2.05, 4.69) is 15.8 Å². The minimum Gasteiger partial charge on any atom is -0.459 e. The lowest BCUT2D eigenvalue weighted by Crippen LogP contribution is -2.18. The minimum absolute atomic E-state index is 0.0662. The zero-order valence-corrected chi connectivity index (χ0v) is 21.2. The molecular weight excluding hydrogens is 540 g/mol. The molecule has 11 nitrogen and oxygen atoms in total. The van der Waals surface area contributed by atoms with Gasteiger partial charge in [0.15, 0.2) is 5.76 Å². The van der Waals surface area contributed by atoms with Gasteiger partial charge >= 0.3 is 5.97 Å². The molecule has 0 saturated heterocycles. The highest BCUT2D eigenvalue weighted by atomic mass is 35.5. The fourth-order valence-corrected chi connectivity index (χ4v) is 3.44. The van der Waals surface area contributed by atoms with E-state index in [9.17, 15) is 24.5 Å². The van der Waals surface area contributed by atoms with Gasteiger partial charge in [0, 0.05) is 40.0 Å². The molecule has 3 aromatic carbocycles. The zero-order valence-electron chi connectivity index (χ0n) is 20.4. The second kappa shape index (κ2) is 12.8. The first-order valence-electron chi connectivity index (χ1n) is 11.5. The van der Waals surface area contributed by atoms with E-state index in [-0.39, 0.29) is 22.8 Å². The monoisotopic (exact) mass is 558 g/mol. The summed E-state index contributed by atoms with van der Waals surface area (Å²) < 4.78 is 10.4. The molecule has 2 amide bonds. The van der Waals surface area contributed by atoms with Crippen LogP contribution in [0, 0.1) is 10.1 Å². The molecule has 1 aromatic heterocycles. The van der Waals surface area contributed by atoms with Crippen LogP contribution in [0.3, 0.4) is 0 Å². The first kappa shape index (κ1) is 27.5. The summed E-state index contributed by atoms with van der Waals surface area (Å²) in [4.78, 5) is 47.1. The Morgan fingerprint density at radius 1 is 0.975 bits per heavy atom. The van der Waals surface area contributed by atoms with Crippen molar-refractivity contribution in [1.29, 1.82) is 0 Å². The third-order valence-electron chi connectivity index (χ3n) is 5.22. The van der Waals surface area contributed by atoms with Crippen LogP contribution in [-0.4, -0.2) is 28.9 Å². The molecule has 0 aliphatic carbocycles. The predicted octanol–water partition coefficient (Wildman–Crippen LogP) is 5.48. The summed E-state index contributed by atoms with van der Waals surface area (Å²) in [5, 5.41) is 17.7. The van der Waals surface area contributed by atoms with Crippen molar-refractivity contribution in [1.82, 2.24) is 5.43 Å². The van der Waals surface area contributed by atoms with Crippen LogP contribution in [0.2, 0.25) is 5.02 Å². The maximum atomic E-state index is 12.5. The molecule has 0 spiro atoms. The molecule has 0 aliphatic heterocycles. The number of nitrogens with zero attached hydrogens (tertiary/aromatic N) is 2. The fraction of sp³-hybridized carbons (Fsp3) is 0. The lowest BCUT2D eigenvalue weighted by atomic mass is 10.2. The quantitative estimate of drug-likeness (QED) is 0.0689. The number of hydrazone groups is 1. The highest BCUT2D eigenvalue weighted by molar-refractivity contribution is 6.31. The summed E-state index contributed by atoms with van der Waals surface area (Å²) in [5.41, 5.74) is 3.94. The second-order valence-electron chi connectivity index (χ2n) is 7.99. The van der Waals surface area contributed by atoms with Crippen molar-refractivity contribution in [3.8, 4) is 5.75 Å². The predicted molar refractivity (Wildman–Crippen MR) is 147 cm³/mol. The first-order chi connectivity index (χ1) is 19.3. The van der Waals surface area contributed by atoms with Gasteiger partial charge in [-0.05, 0) is 78.4 Å². The summed E-state index contributed by atoms with van der Waals surface area (Å²) in [6, 6.07) is 19.4. The lowest BCUT2D eigenvalue weighted by molar-refractivity contribution is -0.384. The smallest absolute Gasteiger partial charge is 0.336 e. The van der Waals surface area contributed by atoms with Crippen LogP contribution >= 0.6 is 11.6 Å². The van der Waals surface area contributed by atoms with Crippen molar-refractivity contribution in [3.63, 3.8) is 0 Å². The summed E-state index contributed by atoms with van der Waals surface area (Å²) >= 11 is 6.06. The van der Waals surface area contributed by atoms with E-state index in [0.29, 0.717) is 21.8 Å². The largest absolute Gasteiger partial charge is 0.459 e. The van der Waals surface area contributed by atoms with Crippen LogP contribution in [0.25, 0.3) is 6.08 Å². The van der Waals surface area contributed by atoms with Gasteiger partial charge < -0.3 is 14.5 Å². The van der Waals surface area contributed by atoms with E-state index in [1.807, 2.05) is 0 Å². The van der Waals surface area contributed by atoms with Gasteiger partial charge in [-0.15, -0.1) is 0 Å². The Morgan fingerprint density at radius 2 is 1.73 bits per heavy atom. The molecule has 0 radical (unpaired) electrons. The van der Waals surface area contributed by atoms with Crippen molar-refractivity contribution in [2.75, 3.05) is 5.32 Å². The van der Waals surface area contributed by atoms with Gasteiger partial charge in [0.1, 0.15) is 5.75 Å². The standard InChI is InChI=1S/C28H19ClN4O7/c29-21-8-13-24(40-26(34)14-5-18-3-11-23(12-4-18)33(37)38)20(16-21)17-30-32-27(35)19-6-9-22(10-7-19)31-28(36)25-2-1-15-39-25/h1-17H,(H,31,36)(H,32,35)/b14-5+,30-17+. The molecule has 4 aromatic rings. The highest BCUT2D eigenvalue weighted by Crippen LogP contribution is 2.22. The Kier molecular flexibility index (Phi) is 8.80. The number of esters is 1. The van der Waals surface area contributed by atoms with Crippen molar-refractivity contribution < 1.29 is 28.5 Å². The fourth-order valence-electron chi connectivity index (χ4n) is 3.26. The van der Waals surface area contributed by atoms with Gasteiger partial charge in [0.2, 0.25) is 0 Å². The number of carbonyl (C=O) groups excluding carboxylic acids is 3. The van der Waals surface area contributed by atoms with Crippen LogP contribution < -0.4 is 15.5 Å². The van der Waals surface area contributed by atoms with Crippen LogP contribution in [0.4, 0.5) is 11.4 Å². The van der Waals surface area contributed by atoms with Crippen LogP contribution in [0.1, 0.15) is 32.0 Å². The average molecular weight is 559 g/mol. The summed E-state index contributed by atoms with van der Waals surface area (Å²) in [6.45, 7) is 0. The lowest BCUT2D eigenvalue weighted by Gasteiger charge is -2.07. The number of carbonyl (C=O) groups is 3. The van der Waals surface area contributed by atoms with Gasteiger partial charge in [-0.1, -0.05) is 11.6 Å². The van der Waals surface area contributed by atoms with Crippen LogP contribution in [0.5, 0.6) is 5.75 Å². The van der Waals surface area contributed by atoms with Crippen molar-refractivity contribution >= 4 is 53.0 Å². The molecular formula is C28H19ClN4O7. The van der Waals surface area contributed by atoms with Gasteiger partial charge in [0.05, 0.1) is 17.4 Å². The molecule has 0 atom stereocenters. The van der Waals surface area contributed by atoms with Crippen LogP contribution in [0.15, 0.2) is 101 Å². The number of furan rings is 1. The number of anilines is 1. The molecule has 1 heterocycles. The number of nitro groups is 1. The summed E-state index contributed by atoms with van der Waals surface area (Å²) in [5.74, 6) is -1.36.